The van der Waals surface area contributed by atoms with E-state index in [4.69, 9.17) is 21.1 Å². The third kappa shape index (κ3) is 3.66. The summed E-state index contributed by atoms with van der Waals surface area (Å²) in [4.78, 5) is 19.0. The van der Waals surface area contributed by atoms with E-state index < -0.39 is 0 Å². The third-order valence-electron chi connectivity index (χ3n) is 2.93. The second-order valence-corrected chi connectivity index (χ2v) is 4.68. The van der Waals surface area contributed by atoms with Crippen LogP contribution in [0.15, 0.2) is 24.7 Å². The molecule has 6 nitrogen and oxygen atoms in total. The van der Waals surface area contributed by atoms with Gasteiger partial charge in [0.25, 0.3) is 5.91 Å². The standard InChI is InChI=1S/C14H16ClN3O3/c1-20-12-6-9(5-11(15)13(12)21-2)14(19)17-4-3-10-7-16-8-18-10/h5-8H,3-4H2,1-2H3,(H,16,18)(H,17,19). The van der Waals surface area contributed by atoms with E-state index in [9.17, 15) is 4.79 Å². The zero-order valence-corrected chi connectivity index (χ0v) is 12.5. The van der Waals surface area contributed by atoms with Crippen molar-refractivity contribution < 1.29 is 14.3 Å². The van der Waals surface area contributed by atoms with E-state index in [2.05, 4.69) is 15.3 Å². The summed E-state index contributed by atoms with van der Waals surface area (Å²) in [7, 11) is 2.99. The maximum Gasteiger partial charge on any atom is 0.251 e. The van der Waals surface area contributed by atoms with Gasteiger partial charge in [0.1, 0.15) is 0 Å². The molecule has 0 spiro atoms. The highest BCUT2D eigenvalue weighted by Gasteiger charge is 2.14. The lowest BCUT2D eigenvalue weighted by Crippen LogP contribution is -2.25. The van der Waals surface area contributed by atoms with Crippen molar-refractivity contribution in [1.82, 2.24) is 15.3 Å². The Balaban J connectivity index is 2.03. The molecule has 1 amide bonds. The van der Waals surface area contributed by atoms with Crippen LogP contribution in [0.4, 0.5) is 0 Å². The number of nitrogens with one attached hydrogen (secondary N) is 2. The molecular formula is C14H16ClN3O3. The van der Waals surface area contributed by atoms with Gasteiger partial charge < -0.3 is 19.8 Å². The van der Waals surface area contributed by atoms with Crippen molar-refractivity contribution in [1.29, 1.82) is 0 Å². The number of imidazole rings is 1. The highest BCUT2D eigenvalue weighted by Crippen LogP contribution is 2.35. The average Bonchev–Trinajstić information content (AvgIpc) is 2.99. The van der Waals surface area contributed by atoms with E-state index in [1.807, 2.05) is 0 Å². The zero-order valence-electron chi connectivity index (χ0n) is 11.8. The second kappa shape index (κ2) is 6.99. The first-order valence-electron chi connectivity index (χ1n) is 6.32. The Morgan fingerprint density at radius 2 is 2.19 bits per heavy atom. The van der Waals surface area contributed by atoms with E-state index in [1.54, 1.807) is 24.7 Å². The van der Waals surface area contributed by atoms with Crippen LogP contribution in [-0.4, -0.2) is 36.6 Å². The number of halogens is 1. The normalized spacial score (nSPS) is 10.2. The number of carbonyl (C=O) groups excluding carboxylic acids is 1. The molecule has 0 aliphatic carbocycles. The summed E-state index contributed by atoms with van der Waals surface area (Å²) >= 11 is 6.07. The molecule has 2 rings (SSSR count). The first-order chi connectivity index (χ1) is 10.2. The molecule has 1 aromatic heterocycles. The summed E-state index contributed by atoms with van der Waals surface area (Å²) in [5.41, 5.74) is 1.38. The van der Waals surface area contributed by atoms with Crippen LogP contribution >= 0.6 is 11.6 Å². The fraction of sp³-hybridized carbons (Fsp3) is 0.286. The number of amides is 1. The summed E-state index contributed by atoms with van der Waals surface area (Å²) in [5, 5.41) is 3.14. The minimum Gasteiger partial charge on any atom is -0.493 e. The Bertz CT molecular complexity index is 614. The Morgan fingerprint density at radius 3 is 2.81 bits per heavy atom. The number of rotatable bonds is 6. The van der Waals surface area contributed by atoms with Gasteiger partial charge in [-0.15, -0.1) is 0 Å². The molecule has 0 saturated heterocycles. The summed E-state index contributed by atoms with van der Waals surface area (Å²) in [5.74, 6) is 0.606. The van der Waals surface area contributed by atoms with Gasteiger partial charge in [-0.3, -0.25) is 4.79 Å². The van der Waals surface area contributed by atoms with Crippen molar-refractivity contribution in [3.8, 4) is 11.5 Å². The van der Waals surface area contributed by atoms with Crippen LogP contribution in [0.1, 0.15) is 16.1 Å². The lowest BCUT2D eigenvalue weighted by molar-refractivity contribution is 0.0953. The van der Waals surface area contributed by atoms with Crippen molar-refractivity contribution in [3.05, 3.63) is 40.9 Å². The molecule has 0 radical (unpaired) electrons. The van der Waals surface area contributed by atoms with Crippen LogP contribution < -0.4 is 14.8 Å². The number of hydrogen-bond acceptors (Lipinski definition) is 4. The SMILES string of the molecule is COc1cc(C(=O)NCCc2cnc[nH]2)cc(Cl)c1OC. The molecule has 0 saturated carbocycles. The topological polar surface area (TPSA) is 76.2 Å². The van der Waals surface area contributed by atoms with Gasteiger partial charge in [-0.1, -0.05) is 11.6 Å². The molecule has 0 atom stereocenters. The summed E-state index contributed by atoms with van der Waals surface area (Å²) < 4.78 is 10.3. The number of aromatic nitrogens is 2. The Kier molecular flexibility index (Phi) is 5.05. The molecule has 0 fully saturated rings. The molecule has 2 aromatic rings. The maximum atomic E-state index is 12.1. The molecule has 112 valence electrons. The first kappa shape index (κ1) is 15.2. The van der Waals surface area contributed by atoms with Gasteiger partial charge in [0.05, 0.1) is 25.6 Å². The van der Waals surface area contributed by atoms with E-state index in [-0.39, 0.29) is 5.91 Å². The molecule has 7 heteroatoms. The van der Waals surface area contributed by atoms with Crippen LogP contribution in [0.3, 0.4) is 0 Å². The van der Waals surface area contributed by atoms with Gasteiger partial charge >= 0.3 is 0 Å². The number of carbonyl (C=O) groups is 1. The highest BCUT2D eigenvalue weighted by atomic mass is 35.5. The van der Waals surface area contributed by atoms with Gasteiger partial charge in [-0.25, -0.2) is 4.98 Å². The predicted molar refractivity (Wildman–Crippen MR) is 79.2 cm³/mol. The number of hydrogen-bond donors (Lipinski definition) is 2. The van der Waals surface area contributed by atoms with E-state index in [0.29, 0.717) is 35.1 Å². The second-order valence-electron chi connectivity index (χ2n) is 4.28. The zero-order chi connectivity index (χ0) is 15.2. The van der Waals surface area contributed by atoms with Crippen molar-refractivity contribution in [2.24, 2.45) is 0 Å². The molecule has 0 aliphatic rings. The van der Waals surface area contributed by atoms with Crippen molar-refractivity contribution in [3.63, 3.8) is 0 Å². The van der Waals surface area contributed by atoms with E-state index >= 15 is 0 Å². The lowest BCUT2D eigenvalue weighted by Gasteiger charge is -2.11. The molecule has 0 aliphatic heterocycles. The fourth-order valence-corrected chi connectivity index (χ4v) is 2.17. The molecular weight excluding hydrogens is 294 g/mol. The predicted octanol–water partition coefficient (Wildman–Crippen LogP) is 2.05. The average molecular weight is 310 g/mol. The lowest BCUT2D eigenvalue weighted by atomic mass is 10.2. The third-order valence-corrected chi connectivity index (χ3v) is 3.21. The Hall–Kier alpha value is -2.21. The van der Waals surface area contributed by atoms with Crippen LogP contribution in [-0.2, 0) is 6.42 Å². The molecule has 0 unspecified atom stereocenters. The summed E-state index contributed by atoms with van der Waals surface area (Å²) in [6, 6.07) is 3.14. The number of methoxy groups -OCH3 is 2. The van der Waals surface area contributed by atoms with Crippen molar-refractivity contribution in [2.45, 2.75) is 6.42 Å². The number of nitrogens with zero attached hydrogens (tertiary/aromatic N) is 1. The number of benzene rings is 1. The number of aromatic amines is 1. The summed E-state index contributed by atoms with van der Waals surface area (Å²) in [6.07, 6.45) is 4.00. The maximum absolute atomic E-state index is 12.1. The van der Waals surface area contributed by atoms with Crippen LogP contribution in [0.5, 0.6) is 11.5 Å². The van der Waals surface area contributed by atoms with E-state index in [0.717, 1.165) is 5.69 Å². The van der Waals surface area contributed by atoms with Crippen LogP contribution in [0, 0.1) is 0 Å². The fourth-order valence-electron chi connectivity index (χ4n) is 1.88. The minimum atomic E-state index is -0.225. The highest BCUT2D eigenvalue weighted by molar-refractivity contribution is 6.32. The van der Waals surface area contributed by atoms with Crippen LogP contribution in [0.2, 0.25) is 5.02 Å². The van der Waals surface area contributed by atoms with Crippen LogP contribution in [0.25, 0.3) is 0 Å². The van der Waals surface area contributed by atoms with Crippen molar-refractivity contribution in [2.75, 3.05) is 20.8 Å². The van der Waals surface area contributed by atoms with Gasteiger partial charge in [-0.2, -0.15) is 0 Å². The Labute approximate surface area is 127 Å². The minimum absolute atomic E-state index is 0.225. The van der Waals surface area contributed by atoms with Gasteiger partial charge in [0, 0.05) is 30.4 Å². The van der Waals surface area contributed by atoms with Gasteiger partial charge in [0.2, 0.25) is 0 Å². The molecule has 1 aromatic carbocycles. The van der Waals surface area contributed by atoms with Gasteiger partial charge in [-0.05, 0) is 12.1 Å². The number of ether oxygens (including phenoxy) is 2. The van der Waals surface area contributed by atoms with Gasteiger partial charge in [0.15, 0.2) is 11.5 Å². The smallest absolute Gasteiger partial charge is 0.251 e. The molecule has 1 heterocycles. The monoisotopic (exact) mass is 309 g/mol. The largest absolute Gasteiger partial charge is 0.493 e. The van der Waals surface area contributed by atoms with Crippen molar-refractivity contribution >= 4 is 17.5 Å². The molecule has 21 heavy (non-hydrogen) atoms. The number of H-pyrrole nitrogens is 1. The summed E-state index contributed by atoms with van der Waals surface area (Å²) in [6.45, 7) is 0.493. The quantitative estimate of drug-likeness (QED) is 0.856. The molecule has 2 N–H and O–H groups in total. The van der Waals surface area contributed by atoms with E-state index in [1.165, 1.54) is 14.2 Å². The first-order valence-corrected chi connectivity index (χ1v) is 6.70. The Morgan fingerprint density at radius 1 is 1.38 bits per heavy atom. The molecule has 0 bridgehead atoms.